The molecule has 3 N–H and O–H groups in total. The van der Waals surface area contributed by atoms with Crippen LogP contribution in [0.4, 0.5) is 5.69 Å². The lowest BCUT2D eigenvalue weighted by atomic mass is 9.98. The lowest BCUT2D eigenvalue weighted by Gasteiger charge is -2.26. The quantitative estimate of drug-likeness (QED) is 0.0982. The summed E-state index contributed by atoms with van der Waals surface area (Å²) in [5, 5.41) is 11.7. The number of carbonyl (C=O) groups is 2. The zero-order chi connectivity index (χ0) is 29.5. The summed E-state index contributed by atoms with van der Waals surface area (Å²) in [5.41, 5.74) is 7.14. The molecule has 1 fully saturated rings. The normalized spacial score (nSPS) is 14.2. The van der Waals surface area contributed by atoms with E-state index in [1.54, 1.807) is 30.3 Å². The highest BCUT2D eigenvalue weighted by molar-refractivity contribution is 6.22. The minimum absolute atomic E-state index is 0.0672. The predicted octanol–water partition coefficient (Wildman–Crippen LogP) is 5.68. The number of nitrogens with zero attached hydrogens (tertiary/aromatic N) is 2. The molecule has 0 radical (unpaired) electrons. The highest BCUT2D eigenvalue weighted by atomic mass is 16.6. The number of aryl methyl sites for hydroxylation is 1. The smallest absolute Gasteiger partial charge is 0.338 e. The van der Waals surface area contributed by atoms with Gasteiger partial charge in [0.25, 0.3) is 5.91 Å². The number of esters is 1. The summed E-state index contributed by atoms with van der Waals surface area (Å²) in [7, 11) is 1.34. The van der Waals surface area contributed by atoms with E-state index in [4.69, 9.17) is 14.6 Å². The number of hydroxylamine groups is 1. The summed E-state index contributed by atoms with van der Waals surface area (Å²) in [6.45, 7) is 5.54. The van der Waals surface area contributed by atoms with Gasteiger partial charge in [0, 0.05) is 28.6 Å². The topological polar surface area (TPSA) is 116 Å². The Hall–Kier alpha value is -4.47. The van der Waals surface area contributed by atoms with Gasteiger partial charge in [-0.3, -0.25) is 9.63 Å². The minimum atomic E-state index is -0.450. The van der Waals surface area contributed by atoms with E-state index >= 15 is 0 Å². The van der Waals surface area contributed by atoms with Crippen molar-refractivity contribution in [3.05, 3.63) is 94.5 Å². The van der Waals surface area contributed by atoms with Crippen molar-refractivity contribution >= 4 is 34.2 Å². The number of hydrogen-bond acceptors (Lipinski definition) is 7. The molecule has 1 aliphatic heterocycles. The van der Waals surface area contributed by atoms with E-state index in [0.29, 0.717) is 51.2 Å². The Morgan fingerprint density at radius 3 is 2.45 bits per heavy atom. The molecule has 9 nitrogen and oxygen atoms in total. The highest BCUT2D eigenvalue weighted by Gasteiger charge is 2.21. The van der Waals surface area contributed by atoms with Crippen LogP contribution >= 0.6 is 0 Å². The molecule has 0 spiro atoms. The molecule has 218 valence electrons. The van der Waals surface area contributed by atoms with Gasteiger partial charge in [-0.15, -0.1) is 0 Å². The van der Waals surface area contributed by atoms with Crippen LogP contribution in [0.1, 0.15) is 63.1 Å². The third-order valence-corrected chi connectivity index (χ3v) is 7.52. The molecular formula is C33H36N4O5. The number of aromatic amines is 1. The third-order valence-electron chi connectivity index (χ3n) is 7.52. The van der Waals surface area contributed by atoms with Crippen LogP contribution in [0.3, 0.4) is 0 Å². The molecule has 2 heterocycles. The second-order valence-corrected chi connectivity index (χ2v) is 10.5. The number of nitrogens with one attached hydrogen (secondary N) is 2. The number of aromatic hydroxyl groups is 1. The van der Waals surface area contributed by atoms with Crippen LogP contribution in [0.15, 0.2) is 71.7 Å². The van der Waals surface area contributed by atoms with Crippen molar-refractivity contribution in [3.63, 3.8) is 0 Å². The summed E-state index contributed by atoms with van der Waals surface area (Å²) in [6, 6.07) is 19.9. The molecule has 5 rings (SSSR count). The lowest BCUT2D eigenvalue weighted by Crippen LogP contribution is -2.32. The fraction of sp³-hybridized carbons (Fsp3) is 0.303. The summed E-state index contributed by atoms with van der Waals surface area (Å²) >= 11 is 0. The van der Waals surface area contributed by atoms with Gasteiger partial charge in [0.05, 0.1) is 36.2 Å². The van der Waals surface area contributed by atoms with E-state index in [-0.39, 0.29) is 11.8 Å². The van der Waals surface area contributed by atoms with Crippen LogP contribution in [0.5, 0.6) is 5.88 Å². The lowest BCUT2D eigenvalue weighted by molar-refractivity contribution is 0.0273. The first-order valence-electron chi connectivity index (χ1n) is 14.3. The van der Waals surface area contributed by atoms with Crippen molar-refractivity contribution in [3.8, 4) is 5.88 Å². The molecule has 0 unspecified atom stereocenters. The predicted molar refractivity (Wildman–Crippen MR) is 163 cm³/mol. The number of fused-ring (bicyclic) bond motifs is 1. The van der Waals surface area contributed by atoms with Crippen molar-refractivity contribution in [2.45, 2.75) is 32.6 Å². The van der Waals surface area contributed by atoms with Crippen molar-refractivity contribution < 1.29 is 24.3 Å². The maximum atomic E-state index is 12.6. The van der Waals surface area contributed by atoms with Gasteiger partial charge in [-0.25, -0.2) is 15.3 Å². The monoisotopic (exact) mass is 568 g/mol. The van der Waals surface area contributed by atoms with Crippen LogP contribution in [-0.2, 0) is 9.57 Å². The Morgan fingerprint density at radius 1 is 1.00 bits per heavy atom. The van der Waals surface area contributed by atoms with Gasteiger partial charge < -0.3 is 19.7 Å². The minimum Gasteiger partial charge on any atom is -0.494 e. The SMILES string of the molecule is COC(=O)c1cc2[nH]c(O)c(C(=Nc3ccc(C(=O)NOCCCN4CCCCC4)cc3)c3ccccc3)c2cc1C. The number of ether oxygens (including phenoxy) is 1. The Bertz CT molecular complexity index is 1570. The standard InChI is InChI=1S/C33H36N4O5/c1-22-20-27-28(21-26(22)33(40)41-2)35-32(39)29(27)30(23-10-5-3-6-11-23)34-25-14-12-24(13-15-25)31(38)36-42-19-9-18-37-16-7-4-8-17-37/h3,5-6,10-15,20-21,35,39H,4,7-9,16-19H2,1-2H3,(H,36,38). The molecule has 0 bridgehead atoms. The van der Waals surface area contributed by atoms with Crippen molar-refractivity contribution in [1.29, 1.82) is 0 Å². The summed E-state index contributed by atoms with van der Waals surface area (Å²) in [6.07, 6.45) is 4.68. The number of H-pyrrole nitrogens is 1. The molecule has 4 aromatic rings. The maximum Gasteiger partial charge on any atom is 0.338 e. The summed E-state index contributed by atoms with van der Waals surface area (Å²) in [5.74, 6) is -0.839. The van der Waals surface area contributed by atoms with Crippen LogP contribution in [0, 0.1) is 6.92 Å². The van der Waals surface area contributed by atoms with E-state index in [2.05, 4.69) is 15.4 Å². The van der Waals surface area contributed by atoms with E-state index < -0.39 is 5.97 Å². The second-order valence-electron chi connectivity index (χ2n) is 10.5. The molecule has 9 heteroatoms. The number of likely N-dealkylation sites (tertiary alicyclic amines) is 1. The van der Waals surface area contributed by atoms with E-state index in [9.17, 15) is 14.7 Å². The van der Waals surface area contributed by atoms with Crippen LogP contribution in [0.25, 0.3) is 10.9 Å². The first-order chi connectivity index (χ1) is 20.4. The molecular weight excluding hydrogens is 532 g/mol. The number of rotatable bonds is 10. The Morgan fingerprint density at radius 2 is 1.74 bits per heavy atom. The van der Waals surface area contributed by atoms with Gasteiger partial charge >= 0.3 is 5.97 Å². The molecule has 1 saturated heterocycles. The molecule has 0 saturated carbocycles. The number of aromatic nitrogens is 1. The van der Waals surface area contributed by atoms with Crippen LogP contribution in [0.2, 0.25) is 0 Å². The number of benzene rings is 3. The number of carbonyl (C=O) groups excluding carboxylic acids is 2. The number of aliphatic imine (C=N–C) groups is 1. The molecule has 1 aromatic heterocycles. The summed E-state index contributed by atoms with van der Waals surface area (Å²) < 4.78 is 4.90. The first kappa shape index (κ1) is 29.0. The number of hydrogen-bond donors (Lipinski definition) is 3. The first-order valence-corrected chi connectivity index (χ1v) is 14.3. The van der Waals surface area contributed by atoms with Crippen LogP contribution < -0.4 is 5.48 Å². The zero-order valence-electron chi connectivity index (χ0n) is 24.0. The van der Waals surface area contributed by atoms with Crippen molar-refractivity contribution in [2.75, 3.05) is 33.4 Å². The molecule has 3 aromatic carbocycles. The fourth-order valence-corrected chi connectivity index (χ4v) is 5.30. The number of methoxy groups -OCH3 is 1. The van der Waals surface area contributed by atoms with Gasteiger partial charge in [-0.05, 0) is 81.2 Å². The maximum absolute atomic E-state index is 12.6. The largest absolute Gasteiger partial charge is 0.494 e. The van der Waals surface area contributed by atoms with Crippen LogP contribution in [-0.4, -0.2) is 65.9 Å². The Labute approximate surface area is 245 Å². The molecule has 1 amide bonds. The Balaban J connectivity index is 1.35. The van der Waals surface area contributed by atoms with Gasteiger partial charge in [0.15, 0.2) is 5.88 Å². The van der Waals surface area contributed by atoms with Crippen molar-refractivity contribution in [1.82, 2.24) is 15.4 Å². The van der Waals surface area contributed by atoms with Gasteiger partial charge in [0.1, 0.15) is 0 Å². The number of amides is 1. The number of piperidine rings is 1. The van der Waals surface area contributed by atoms with Crippen molar-refractivity contribution in [2.24, 2.45) is 4.99 Å². The molecule has 42 heavy (non-hydrogen) atoms. The molecule has 0 atom stereocenters. The average Bonchev–Trinajstić information content (AvgIpc) is 3.34. The van der Waals surface area contributed by atoms with E-state index in [1.807, 2.05) is 43.3 Å². The van der Waals surface area contributed by atoms with Gasteiger partial charge in [0.2, 0.25) is 0 Å². The third kappa shape index (κ3) is 6.70. The molecule has 0 aliphatic carbocycles. The second kappa shape index (κ2) is 13.5. The average molecular weight is 569 g/mol. The highest BCUT2D eigenvalue weighted by Crippen LogP contribution is 2.33. The van der Waals surface area contributed by atoms with E-state index in [1.165, 1.54) is 26.4 Å². The van der Waals surface area contributed by atoms with E-state index in [0.717, 1.165) is 31.6 Å². The summed E-state index contributed by atoms with van der Waals surface area (Å²) in [4.78, 5) is 40.6. The molecule has 1 aliphatic rings. The fourth-order valence-electron chi connectivity index (χ4n) is 5.30. The van der Waals surface area contributed by atoms with Gasteiger partial charge in [-0.2, -0.15) is 0 Å². The Kier molecular flexibility index (Phi) is 9.31. The zero-order valence-corrected chi connectivity index (χ0v) is 24.0. The van der Waals surface area contributed by atoms with Gasteiger partial charge in [-0.1, -0.05) is 36.8 Å².